The van der Waals surface area contributed by atoms with E-state index in [0.717, 1.165) is 21.4 Å². The number of nitrogens with one attached hydrogen (secondary N) is 2. The first-order chi connectivity index (χ1) is 20.2. The second-order valence-electron chi connectivity index (χ2n) is 9.84. The van der Waals surface area contributed by atoms with Crippen molar-refractivity contribution in [2.45, 2.75) is 23.1 Å². The van der Waals surface area contributed by atoms with Gasteiger partial charge in [0.15, 0.2) is 6.61 Å². The number of carbonyl (C=O) groups is 3. The van der Waals surface area contributed by atoms with Crippen LogP contribution in [0.1, 0.15) is 21.9 Å². The summed E-state index contributed by atoms with van der Waals surface area (Å²) in [4.78, 5) is 57.4. The number of hydrogen-bond donors (Lipinski definition) is 2. The van der Waals surface area contributed by atoms with E-state index in [2.05, 4.69) is 26.2 Å². The standard InChI is InChI=1S/C30H24BrN3O6S2/c1-15-3-6-17(7-4-15)32-22(35)14-40-21-12-5-16(31)13-20(21)23-24-26(41-27-25(23)42-30(38)33-27)29(37)34(28(24)36)18-8-10-19(39-2)11-9-18/h3-13,23-24,26H,14H2,1-2H3,(H,32,35)(H,33,38). The van der Waals surface area contributed by atoms with Crippen LogP contribution in [0, 0.1) is 12.8 Å². The van der Waals surface area contributed by atoms with E-state index in [1.54, 1.807) is 43.5 Å². The predicted octanol–water partition coefficient (Wildman–Crippen LogP) is 5.33. The molecule has 42 heavy (non-hydrogen) atoms. The number of H-pyrrole nitrogens is 1. The lowest BCUT2D eigenvalue weighted by atomic mass is 9.82. The van der Waals surface area contributed by atoms with E-state index in [1.807, 2.05) is 37.3 Å². The van der Waals surface area contributed by atoms with E-state index in [1.165, 1.54) is 16.7 Å². The predicted molar refractivity (Wildman–Crippen MR) is 165 cm³/mol. The molecule has 3 heterocycles. The number of aromatic nitrogens is 1. The smallest absolute Gasteiger partial charge is 0.305 e. The van der Waals surface area contributed by atoms with Gasteiger partial charge in [0.1, 0.15) is 16.7 Å². The highest BCUT2D eigenvalue weighted by Crippen LogP contribution is 2.54. The molecule has 3 atom stereocenters. The van der Waals surface area contributed by atoms with E-state index in [0.29, 0.717) is 38.3 Å². The fourth-order valence-corrected chi connectivity index (χ4v) is 8.09. The van der Waals surface area contributed by atoms with Crippen molar-refractivity contribution in [2.24, 2.45) is 5.92 Å². The van der Waals surface area contributed by atoms with Gasteiger partial charge in [0.05, 0.1) is 23.7 Å². The summed E-state index contributed by atoms with van der Waals surface area (Å²) >= 11 is 5.72. The number of methoxy groups -OCH3 is 1. The van der Waals surface area contributed by atoms with E-state index < -0.39 is 17.1 Å². The number of thioether (sulfide) groups is 1. The number of amides is 3. The second kappa shape index (κ2) is 11.4. The number of imide groups is 1. The Labute approximate surface area is 257 Å². The SMILES string of the molecule is COc1ccc(N2C(=O)C3Sc4[nH]c(=O)sc4C(c4cc(Br)ccc4OCC(=O)Nc4ccc(C)cc4)C3C2=O)cc1. The second-order valence-corrected chi connectivity index (χ2v) is 12.9. The molecular formula is C30H24BrN3O6S2. The number of anilines is 2. The zero-order valence-corrected chi connectivity index (χ0v) is 25.6. The number of halogens is 1. The third-order valence-electron chi connectivity index (χ3n) is 7.16. The van der Waals surface area contributed by atoms with Crippen LogP contribution in [0.3, 0.4) is 0 Å². The van der Waals surface area contributed by atoms with Crippen LogP contribution in [0.15, 0.2) is 81.0 Å². The number of carbonyl (C=O) groups excluding carboxylic acids is 3. The zero-order valence-electron chi connectivity index (χ0n) is 22.4. The van der Waals surface area contributed by atoms with Crippen LogP contribution in [0.25, 0.3) is 0 Å². The lowest BCUT2D eigenvalue weighted by Gasteiger charge is -2.31. The molecule has 0 spiro atoms. The zero-order chi connectivity index (χ0) is 29.5. The average molecular weight is 667 g/mol. The molecule has 6 rings (SSSR count). The summed E-state index contributed by atoms with van der Waals surface area (Å²) in [6.07, 6.45) is 0. The number of nitrogens with zero attached hydrogens (tertiary/aromatic N) is 1. The molecule has 0 radical (unpaired) electrons. The topological polar surface area (TPSA) is 118 Å². The van der Waals surface area contributed by atoms with E-state index in [9.17, 15) is 19.2 Å². The van der Waals surface area contributed by atoms with Gasteiger partial charge in [-0.3, -0.25) is 19.2 Å². The molecule has 3 unspecified atom stereocenters. The summed E-state index contributed by atoms with van der Waals surface area (Å²) in [7, 11) is 1.54. The maximum atomic E-state index is 14.1. The average Bonchev–Trinajstić information content (AvgIpc) is 3.47. The molecule has 1 aromatic heterocycles. The van der Waals surface area contributed by atoms with Crippen molar-refractivity contribution in [3.05, 3.63) is 96.9 Å². The van der Waals surface area contributed by atoms with Crippen molar-refractivity contribution in [1.82, 2.24) is 4.98 Å². The van der Waals surface area contributed by atoms with Crippen LogP contribution in [0.4, 0.5) is 11.4 Å². The highest BCUT2D eigenvalue weighted by atomic mass is 79.9. The minimum absolute atomic E-state index is 0.278. The molecule has 0 saturated carbocycles. The van der Waals surface area contributed by atoms with E-state index in [4.69, 9.17) is 9.47 Å². The van der Waals surface area contributed by atoms with Gasteiger partial charge in [-0.2, -0.15) is 0 Å². The number of thiazole rings is 1. The molecule has 9 nitrogen and oxygen atoms in total. The third kappa shape index (κ3) is 5.25. The Balaban J connectivity index is 1.35. The molecule has 2 aliphatic heterocycles. The number of ether oxygens (including phenoxy) is 2. The van der Waals surface area contributed by atoms with Gasteiger partial charge >= 0.3 is 4.87 Å². The summed E-state index contributed by atoms with van der Waals surface area (Å²) in [5.74, 6) is -1.58. The quantitative estimate of drug-likeness (QED) is 0.256. The number of aromatic amines is 1. The summed E-state index contributed by atoms with van der Waals surface area (Å²) in [5.41, 5.74) is 2.75. The molecule has 1 saturated heterocycles. The first-order valence-corrected chi connectivity index (χ1v) is 15.4. The first-order valence-electron chi connectivity index (χ1n) is 12.9. The number of rotatable bonds is 7. The van der Waals surface area contributed by atoms with Crippen molar-refractivity contribution < 1.29 is 23.9 Å². The van der Waals surface area contributed by atoms with Gasteiger partial charge < -0.3 is 19.8 Å². The Morgan fingerprint density at radius 1 is 1.02 bits per heavy atom. The van der Waals surface area contributed by atoms with Crippen molar-refractivity contribution in [3.8, 4) is 11.5 Å². The molecule has 4 aromatic rings. The van der Waals surface area contributed by atoms with Crippen LogP contribution in [0.5, 0.6) is 11.5 Å². The molecule has 1 fully saturated rings. The summed E-state index contributed by atoms with van der Waals surface area (Å²) < 4.78 is 12.0. The van der Waals surface area contributed by atoms with Crippen molar-refractivity contribution in [1.29, 1.82) is 0 Å². The lowest BCUT2D eigenvalue weighted by molar-refractivity contribution is -0.122. The summed E-state index contributed by atoms with van der Waals surface area (Å²) in [6.45, 7) is 1.68. The minimum atomic E-state index is -0.804. The molecule has 2 aliphatic rings. The Kier molecular flexibility index (Phi) is 7.69. The normalized spacial score (nSPS) is 19.3. The molecule has 0 aliphatic carbocycles. The molecular weight excluding hydrogens is 642 g/mol. The summed E-state index contributed by atoms with van der Waals surface area (Å²) in [5, 5.41) is 2.60. The van der Waals surface area contributed by atoms with Gasteiger partial charge in [0.2, 0.25) is 11.8 Å². The van der Waals surface area contributed by atoms with Gasteiger partial charge in [-0.05, 0) is 61.5 Å². The number of benzene rings is 3. The third-order valence-corrected chi connectivity index (χ3v) is 10.0. The molecule has 3 aromatic carbocycles. The van der Waals surface area contributed by atoms with Crippen molar-refractivity contribution in [3.63, 3.8) is 0 Å². The van der Waals surface area contributed by atoms with Crippen molar-refractivity contribution in [2.75, 3.05) is 23.9 Å². The lowest BCUT2D eigenvalue weighted by Crippen LogP contribution is -2.32. The van der Waals surface area contributed by atoms with Crippen LogP contribution in [-0.4, -0.2) is 41.7 Å². The largest absolute Gasteiger partial charge is 0.497 e. The van der Waals surface area contributed by atoms with E-state index >= 15 is 0 Å². The fraction of sp³-hybridized carbons (Fsp3) is 0.200. The highest BCUT2D eigenvalue weighted by Gasteiger charge is 2.56. The number of hydrogen-bond acceptors (Lipinski definition) is 8. The number of aryl methyl sites for hydroxylation is 1. The Morgan fingerprint density at radius 2 is 1.76 bits per heavy atom. The maximum Gasteiger partial charge on any atom is 0.305 e. The molecule has 3 amide bonds. The summed E-state index contributed by atoms with van der Waals surface area (Å²) in [6, 6.07) is 19.4. The minimum Gasteiger partial charge on any atom is -0.497 e. The van der Waals surface area contributed by atoms with E-state index in [-0.39, 0.29) is 29.2 Å². The Morgan fingerprint density at radius 3 is 2.48 bits per heavy atom. The van der Waals surface area contributed by atoms with Crippen LogP contribution in [-0.2, 0) is 14.4 Å². The monoisotopic (exact) mass is 665 g/mol. The van der Waals surface area contributed by atoms with Crippen LogP contribution < -0.4 is 24.6 Å². The Bertz CT molecular complexity index is 1750. The number of fused-ring (bicyclic) bond motifs is 2. The highest BCUT2D eigenvalue weighted by molar-refractivity contribution is 9.10. The van der Waals surface area contributed by atoms with Crippen LogP contribution in [0.2, 0.25) is 0 Å². The van der Waals surface area contributed by atoms with Gasteiger partial charge in [-0.1, -0.05) is 56.7 Å². The molecule has 2 N–H and O–H groups in total. The Hall–Kier alpha value is -3.87. The van der Waals surface area contributed by atoms with Crippen molar-refractivity contribution >= 4 is 68.1 Å². The van der Waals surface area contributed by atoms with Crippen LogP contribution >= 0.6 is 39.0 Å². The maximum absolute atomic E-state index is 14.1. The van der Waals surface area contributed by atoms with Gasteiger partial charge in [-0.15, -0.1) is 0 Å². The molecule has 214 valence electrons. The molecule has 12 heteroatoms. The van der Waals surface area contributed by atoms with Gasteiger partial charge in [0.25, 0.3) is 5.91 Å². The molecule has 0 bridgehead atoms. The van der Waals surface area contributed by atoms with Gasteiger partial charge in [0, 0.05) is 26.5 Å². The van der Waals surface area contributed by atoms with Gasteiger partial charge in [-0.25, -0.2) is 4.90 Å². The fourth-order valence-electron chi connectivity index (χ4n) is 5.21. The first kappa shape index (κ1) is 28.3.